The highest BCUT2D eigenvalue weighted by molar-refractivity contribution is 9.10. The van der Waals surface area contributed by atoms with Crippen molar-refractivity contribution in [3.8, 4) is 0 Å². The summed E-state index contributed by atoms with van der Waals surface area (Å²) in [5, 5.41) is 4.51. The van der Waals surface area contributed by atoms with Gasteiger partial charge < -0.3 is 10.2 Å². The molecule has 1 N–H and O–H groups in total. The Morgan fingerprint density at radius 2 is 1.61 bits per heavy atom. The number of nitrogens with zero attached hydrogens (tertiary/aromatic N) is 2. The Balaban J connectivity index is 1.98. The second kappa shape index (κ2) is 11.9. The fourth-order valence-electron chi connectivity index (χ4n) is 3.86. The van der Waals surface area contributed by atoms with Gasteiger partial charge in [0.05, 0.1) is 11.9 Å². The lowest BCUT2D eigenvalue weighted by Crippen LogP contribution is -2.52. The van der Waals surface area contributed by atoms with Crippen molar-refractivity contribution in [2.24, 2.45) is 0 Å². The quantitative estimate of drug-likeness (QED) is 0.381. The van der Waals surface area contributed by atoms with Gasteiger partial charge in [0, 0.05) is 22.4 Å². The molecule has 0 fully saturated rings. The van der Waals surface area contributed by atoms with Gasteiger partial charge in [0.25, 0.3) is 0 Å². The molecule has 192 valence electrons. The maximum absolute atomic E-state index is 13.7. The lowest BCUT2D eigenvalue weighted by atomic mass is 10.1. The van der Waals surface area contributed by atoms with Crippen LogP contribution in [0.5, 0.6) is 0 Å². The molecule has 7 nitrogen and oxygen atoms in total. The molecule has 36 heavy (non-hydrogen) atoms. The first-order valence-electron chi connectivity index (χ1n) is 11.8. The third-order valence-corrected chi connectivity index (χ3v) is 7.80. The SMILES string of the molecule is CC[C@@H](C)NC(=O)[C@H](C)N(Cc1ccc(Br)cc1)C(=O)CN(c1cccc2ccccc12)S(C)(=O)=O. The molecular weight excluding hydrogens is 542 g/mol. The van der Waals surface area contributed by atoms with Crippen molar-refractivity contribution < 1.29 is 18.0 Å². The third-order valence-electron chi connectivity index (χ3n) is 6.15. The average molecular weight is 575 g/mol. The number of nitrogens with one attached hydrogen (secondary N) is 1. The van der Waals surface area contributed by atoms with E-state index in [1.807, 2.05) is 68.4 Å². The Bertz CT molecular complexity index is 1320. The van der Waals surface area contributed by atoms with Crippen LogP contribution < -0.4 is 9.62 Å². The zero-order valence-corrected chi connectivity index (χ0v) is 23.3. The molecule has 0 aliphatic carbocycles. The second-order valence-corrected chi connectivity index (χ2v) is 11.7. The number of carbonyl (C=O) groups is 2. The molecule has 0 heterocycles. The zero-order valence-electron chi connectivity index (χ0n) is 20.9. The standard InChI is InChI=1S/C27H32BrN3O4S/c1-5-19(2)29-27(33)20(3)30(17-21-13-15-23(28)16-14-21)26(32)18-31(36(4,34)35)25-12-8-10-22-9-6-7-11-24(22)25/h6-16,19-20H,5,17-18H2,1-4H3,(H,29,33)/t19-,20+/m1/s1. The highest BCUT2D eigenvalue weighted by Crippen LogP contribution is 2.28. The number of benzene rings is 3. The molecule has 0 aliphatic heterocycles. The molecule has 0 unspecified atom stereocenters. The fourth-order valence-corrected chi connectivity index (χ4v) is 4.98. The smallest absolute Gasteiger partial charge is 0.244 e. The fraction of sp³-hybridized carbons (Fsp3) is 0.333. The number of carbonyl (C=O) groups excluding carboxylic acids is 2. The first kappa shape index (κ1) is 27.7. The highest BCUT2D eigenvalue weighted by Gasteiger charge is 2.31. The molecule has 0 aliphatic rings. The number of sulfonamides is 1. The monoisotopic (exact) mass is 573 g/mol. The van der Waals surface area contributed by atoms with Gasteiger partial charge in [-0.15, -0.1) is 0 Å². The van der Waals surface area contributed by atoms with E-state index in [4.69, 9.17) is 0 Å². The van der Waals surface area contributed by atoms with Gasteiger partial charge in [-0.1, -0.05) is 71.4 Å². The van der Waals surface area contributed by atoms with Gasteiger partial charge in [-0.05, 0) is 49.4 Å². The highest BCUT2D eigenvalue weighted by atomic mass is 79.9. The number of rotatable bonds is 10. The van der Waals surface area contributed by atoms with Crippen LogP contribution in [0, 0.1) is 0 Å². The van der Waals surface area contributed by atoms with Crippen LogP contribution in [0.15, 0.2) is 71.2 Å². The van der Waals surface area contributed by atoms with Gasteiger partial charge in [-0.3, -0.25) is 13.9 Å². The van der Waals surface area contributed by atoms with Gasteiger partial charge in [0.15, 0.2) is 0 Å². The van der Waals surface area contributed by atoms with Crippen molar-refractivity contribution >= 4 is 54.2 Å². The summed E-state index contributed by atoms with van der Waals surface area (Å²) in [6.45, 7) is 5.27. The summed E-state index contributed by atoms with van der Waals surface area (Å²) in [6.07, 6.45) is 1.84. The van der Waals surface area contributed by atoms with Gasteiger partial charge in [0.2, 0.25) is 21.8 Å². The minimum absolute atomic E-state index is 0.0483. The Morgan fingerprint density at radius 1 is 0.972 bits per heavy atom. The molecule has 0 radical (unpaired) electrons. The minimum Gasteiger partial charge on any atom is -0.352 e. The number of hydrogen-bond acceptors (Lipinski definition) is 4. The van der Waals surface area contributed by atoms with E-state index < -0.39 is 28.5 Å². The van der Waals surface area contributed by atoms with E-state index in [1.54, 1.807) is 19.1 Å². The van der Waals surface area contributed by atoms with Gasteiger partial charge in [0.1, 0.15) is 12.6 Å². The van der Waals surface area contributed by atoms with Crippen LogP contribution in [0.2, 0.25) is 0 Å². The molecule has 3 rings (SSSR count). The van der Waals surface area contributed by atoms with E-state index >= 15 is 0 Å². The van der Waals surface area contributed by atoms with Crippen molar-refractivity contribution in [2.75, 3.05) is 17.1 Å². The Morgan fingerprint density at radius 3 is 2.25 bits per heavy atom. The molecule has 0 bridgehead atoms. The minimum atomic E-state index is -3.81. The maximum Gasteiger partial charge on any atom is 0.244 e. The molecular formula is C27H32BrN3O4S. The van der Waals surface area contributed by atoms with Crippen LogP contribution in [0.25, 0.3) is 10.8 Å². The number of anilines is 1. The number of halogens is 1. The molecule has 0 saturated heterocycles. The third kappa shape index (κ3) is 6.85. The normalized spacial score (nSPS) is 13.1. The predicted octanol–water partition coefficient (Wildman–Crippen LogP) is 4.70. The molecule has 0 saturated carbocycles. The van der Waals surface area contributed by atoms with E-state index in [2.05, 4.69) is 21.2 Å². The lowest BCUT2D eigenvalue weighted by Gasteiger charge is -2.32. The van der Waals surface area contributed by atoms with Gasteiger partial charge in [-0.2, -0.15) is 0 Å². The number of hydrogen-bond donors (Lipinski definition) is 1. The Hall–Kier alpha value is -2.91. The van der Waals surface area contributed by atoms with E-state index in [-0.39, 0.29) is 18.5 Å². The van der Waals surface area contributed by atoms with Crippen LogP contribution in [-0.2, 0) is 26.2 Å². The van der Waals surface area contributed by atoms with Crippen molar-refractivity contribution in [1.82, 2.24) is 10.2 Å². The maximum atomic E-state index is 13.7. The summed E-state index contributed by atoms with van der Waals surface area (Å²) in [5.74, 6) is -0.756. The molecule has 2 atom stereocenters. The van der Waals surface area contributed by atoms with E-state index in [0.717, 1.165) is 37.8 Å². The van der Waals surface area contributed by atoms with E-state index in [0.29, 0.717) is 5.69 Å². The van der Waals surface area contributed by atoms with Crippen LogP contribution in [0.4, 0.5) is 5.69 Å². The van der Waals surface area contributed by atoms with Crippen LogP contribution in [-0.4, -0.2) is 50.0 Å². The Kier molecular flexibility index (Phi) is 9.13. The average Bonchev–Trinajstić information content (AvgIpc) is 2.85. The van der Waals surface area contributed by atoms with Crippen LogP contribution >= 0.6 is 15.9 Å². The first-order valence-corrected chi connectivity index (χ1v) is 14.4. The lowest BCUT2D eigenvalue weighted by molar-refractivity contribution is -0.139. The molecule has 9 heteroatoms. The summed E-state index contributed by atoms with van der Waals surface area (Å²) < 4.78 is 27.8. The molecule has 2 amide bonds. The van der Waals surface area contributed by atoms with E-state index in [1.165, 1.54) is 4.90 Å². The van der Waals surface area contributed by atoms with Crippen molar-refractivity contribution in [1.29, 1.82) is 0 Å². The largest absolute Gasteiger partial charge is 0.352 e. The van der Waals surface area contributed by atoms with Crippen LogP contribution in [0.1, 0.15) is 32.8 Å². The summed E-state index contributed by atoms with van der Waals surface area (Å²) in [4.78, 5) is 28.1. The number of fused-ring (bicyclic) bond motifs is 1. The molecule has 0 spiro atoms. The Labute approximate surface area is 221 Å². The topological polar surface area (TPSA) is 86.8 Å². The molecule has 0 aromatic heterocycles. The second-order valence-electron chi connectivity index (χ2n) is 8.91. The van der Waals surface area contributed by atoms with Gasteiger partial charge >= 0.3 is 0 Å². The zero-order chi connectivity index (χ0) is 26.5. The van der Waals surface area contributed by atoms with Crippen LogP contribution in [0.3, 0.4) is 0 Å². The van der Waals surface area contributed by atoms with E-state index in [9.17, 15) is 18.0 Å². The number of amides is 2. The molecule has 3 aromatic rings. The summed E-state index contributed by atoms with van der Waals surface area (Å²) >= 11 is 3.41. The molecule has 3 aromatic carbocycles. The summed E-state index contributed by atoms with van der Waals surface area (Å²) in [7, 11) is -3.81. The first-order chi connectivity index (χ1) is 17.0. The van der Waals surface area contributed by atoms with Crippen molar-refractivity contribution in [2.45, 2.75) is 45.8 Å². The summed E-state index contributed by atoms with van der Waals surface area (Å²) in [6, 6.07) is 19.4. The van der Waals surface area contributed by atoms with Crippen molar-refractivity contribution in [3.05, 3.63) is 76.8 Å². The van der Waals surface area contributed by atoms with Crippen molar-refractivity contribution in [3.63, 3.8) is 0 Å². The van der Waals surface area contributed by atoms with Gasteiger partial charge in [-0.25, -0.2) is 8.42 Å². The summed E-state index contributed by atoms with van der Waals surface area (Å²) in [5.41, 5.74) is 1.25. The predicted molar refractivity (Wildman–Crippen MR) is 148 cm³/mol.